The number of nitrogens with one attached hydrogen (secondary N) is 1. The summed E-state index contributed by atoms with van der Waals surface area (Å²) in [5.41, 5.74) is 1.43. The third-order valence-electron chi connectivity index (χ3n) is 3.35. The molecule has 0 spiro atoms. The monoisotopic (exact) mass is 265 g/mol. The summed E-state index contributed by atoms with van der Waals surface area (Å²) in [7, 11) is 0. The second kappa shape index (κ2) is 9.46. The lowest BCUT2D eigenvalue weighted by Crippen LogP contribution is -2.27. The van der Waals surface area contributed by atoms with Crippen molar-refractivity contribution in [2.24, 2.45) is 0 Å². The van der Waals surface area contributed by atoms with Gasteiger partial charge in [-0.15, -0.1) is 0 Å². The van der Waals surface area contributed by atoms with Crippen molar-refractivity contribution in [1.29, 1.82) is 0 Å². The summed E-state index contributed by atoms with van der Waals surface area (Å²) in [5, 5.41) is 4.41. The van der Waals surface area contributed by atoms with Crippen molar-refractivity contribution in [1.82, 2.24) is 5.32 Å². The summed E-state index contributed by atoms with van der Waals surface area (Å²) < 4.78 is 0. The second-order valence-electron chi connectivity index (χ2n) is 4.91. The molecule has 0 aliphatic rings. The molecule has 0 bridgehead atoms. The van der Waals surface area contributed by atoms with Gasteiger partial charge in [0.1, 0.15) is 0 Å². The van der Waals surface area contributed by atoms with E-state index in [2.05, 4.69) is 55.8 Å². The molecular weight excluding hydrogens is 238 g/mol. The zero-order valence-electron chi connectivity index (χ0n) is 12.0. The SMILES string of the molecule is CCCCCC(NCC(C)SC)c1ccccc1. The number of unbranched alkanes of at least 4 members (excludes halogenated alkanes) is 2. The maximum absolute atomic E-state index is 3.72. The van der Waals surface area contributed by atoms with Crippen LogP contribution in [0.25, 0.3) is 0 Å². The number of rotatable bonds is 9. The fourth-order valence-electron chi connectivity index (χ4n) is 2.06. The van der Waals surface area contributed by atoms with Crippen LogP contribution in [0.3, 0.4) is 0 Å². The minimum absolute atomic E-state index is 0.521. The van der Waals surface area contributed by atoms with Crippen LogP contribution < -0.4 is 5.32 Å². The molecule has 0 saturated heterocycles. The fourth-order valence-corrected chi connectivity index (χ4v) is 2.32. The number of hydrogen-bond donors (Lipinski definition) is 1. The van der Waals surface area contributed by atoms with E-state index in [0.717, 1.165) is 6.54 Å². The molecule has 2 unspecified atom stereocenters. The molecule has 1 aromatic rings. The molecule has 0 aliphatic carbocycles. The van der Waals surface area contributed by atoms with Crippen molar-refractivity contribution in [3.8, 4) is 0 Å². The zero-order valence-corrected chi connectivity index (χ0v) is 12.8. The molecule has 102 valence electrons. The van der Waals surface area contributed by atoms with Gasteiger partial charge >= 0.3 is 0 Å². The first-order valence-electron chi connectivity index (χ1n) is 7.09. The fraction of sp³-hybridized carbons (Fsp3) is 0.625. The molecule has 0 amide bonds. The van der Waals surface area contributed by atoms with Crippen LogP contribution in [0.15, 0.2) is 30.3 Å². The quantitative estimate of drug-likeness (QED) is 0.652. The van der Waals surface area contributed by atoms with E-state index in [4.69, 9.17) is 0 Å². The van der Waals surface area contributed by atoms with Crippen LogP contribution in [0.5, 0.6) is 0 Å². The van der Waals surface area contributed by atoms with E-state index in [-0.39, 0.29) is 0 Å². The molecule has 1 N–H and O–H groups in total. The van der Waals surface area contributed by atoms with Crippen molar-refractivity contribution < 1.29 is 0 Å². The summed E-state index contributed by atoms with van der Waals surface area (Å²) in [6, 6.07) is 11.4. The highest BCUT2D eigenvalue weighted by Crippen LogP contribution is 2.20. The van der Waals surface area contributed by atoms with Gasteiger partial charge in [-0.1, -0.05) is 63.4 Å². The van der Waals surface area contributed by atoms with E-state index < -0.39 is 0 Å². The first-order chi connectivity index (χ1) is 8.77. The standard InChI is InChI=1S/C16H27NS/c1-4-5-7-12-16(17-13-14(2)18-3)15-10-8-6-9-11-15/h6,8-11,14,16-17H,4-5,7,12-13H2,1-3H3. The summed E-state index contributed by atoms with van der Waals surface area (Å²) in [4.78, 5) is 0. The minimum Gasteiger partial charge on any atom is -0.309 e. The first kappa shape index (κ1) is 15.6. The maximum Gasteiger partial charge on any atom is 0.0320 e. The van der Waals surface area contributed by atoms with E-state index in [1.807, 2.05) is 11.8 Å². The van der Waals surface area contributed by atoms with E-state index in [9.17, 15) is 0 Å². The molecule has 2 heteroatoms. The van der Waals surface area contributed by atoms with Gasteiger partial charge < -0.3 is 5.32 Å². The average molecular weight is 265 g/mol. The molecule has 18 heavy (non-hydrogen) atoms. The largest absolute Gasteiger partial charge is 0.309 e. The lowest BCUT2D eigenvalue weighted by atomic mass is 10.0. The maximum atomic E-state index is 3.72. The molecule has 0 saturated carbocycles. The number of benzene rings is 1. The molecule has 1 nitrogen and oxygen atoms in total. The Kier molecular flexibility index (Phi) is 8.19. The zero-order chi connectivity index (χ0) is 13.2. The summed E-state index contributed by atoms with van der Waals surface area (Å²) in [5.74, 6) is 0. The van der Waals surface area contributed by atoms with E-state index >= 15 is 0 Å². The van der Waals surface area contributed by atoms with Crippen LogP contribution in [0.2, 0.25) is 0 Å². The van der Waals surface area contributed by atoms with Gasteiger partial charge in [-0.2, -0.15) is 11.8 Å². The van der Waals surface area contributed by atoms with Crippen LogP contribution in [-0.4, -0.2) is 18.1 Å². The second-order valence-corrected chi connectivity index (χ2v) is 6.19. The van der Waals surface area contributed by atoms with Crippen molar-refractivity contribution in [3.63, 3.8) is 0 Å². The van der Waals surface area contributed by atoms with Gasteiger partial charge in [-0.3, -0.25) is 0 Å². The Morgan fingerprint density at radius 2 is 1.89 bits per heavy atom. The van der Waals surface area contributed by atoms with Crippen LogP contribution in [-0.2, 0) is 0 Å². The first-order valence-corrected chi connectivity index (χ1v) is 8.37. The molecule has 1 aromatic carbocycles. The Morgan fingerprint density at radius 3 is 2.50 bits per heavy atom. The van der Waals surface area contributed by atoms with Crippen LogP contribution in [0, 0.1) is 0 Å². The molecule has 0 fully saturated rings. The lowest BCUT2D eigenvalue weighted by Gasteiger charge is -2.21. The highest BCUT2D eigenvalue weighted by Gasteiger charge is 2.11. The van der Waals surface area contributed by atoms with E-state index in [1.54, 1.807) is 0 Å². The third-order valence-corrected chi connectivity index (χ3v) is 4.32. The van der Waals surface area contributed by atoms with Crippen LogP contribution in [0.1, 0.15) is 51.1 Å². The summed E-state index contributed by atoms with van der Waals surface area (Å²) in [6.07, 6.45) is 7.38. The van der Waals surface area contributed by atoms with Crippen molar-refractivity contribution >= 4 is 11.8 Å². The van der Waals surface area contributed by atoms with Gasteiger partial charge in [0.25, 0.3) is 0 Å². The smallest absolute Gasteiger partial charge is 0.0320 e. The number of thioether (sulfide) groups is 1. The van der Waals surface area contributed by atoms with Crippen molar-refractivity contribution in [3.05, 3.63) is 35.9 Å². The molecule has 1 rings (SSSR count). The Morgan fingerprint density at radius 1 is 1.17 bits per heavy atom. The Bertz CT molecular complexity index is 299. The van der Waals surface area contributed by atoms with Crippen LogP contribution in [0.4, 0.5) is 0 Å². The normalized spacial score (nSPS) is 14.4. The van der Waals surface area contributed by atoms with Gasteiger partial charge in [-0.25, -0.2) is 0 Å². The van der Waals surface area contributed by atoms with Crippen LogP contribution >= 0.6 is 11.8 Å². The van der Waals surface area contributed by atoms with Gasteiger partial charge in [0, 0.05) is 17.8 Å². The van der Waals surface area contributed by atoms with Gasteiger partial charge in [-0.05, 0) is 18.2 Å². The molecule has 0 aliphatic heterocycles. The highest BCUT2D eigenvalue weighted by molar-refractivity contribution is 7.99. The van der Waals surface area contributed by atoms with Crippen molar-refractivity contribution in [2.45, 2.75) is 50.8 Å². The van der Waals surface area contributed by atoms with Gasteiger partial charge in [0.2, 0.25) is 0 Å². The van der Waals surface area contributed by atoms with E-state index in [1.165, 1.54) is 31.2 Å². The third kappa shape index (κ3) is 5.92. The highest BCUT2D eigenvalue weighted by atomic mass is 32.2. The lowest BCUT2D eigenvalue weighted by molar-refractivity contribution is 0.477. The summed E-state index contributed by atoms with van der Waals surface area (Å²) in [6.45, 7) is 5.64. The van der Waals surface area contributed by atoms with Gasteiger partial charge in [0.15, 0.2) is 0 Å². The van der Waals surface area contributed by atoms with Gasteiger partial charge in [0.05, 0.1) is 0 Å². The minimum atomic E-state index is 0.521. The summed E-state index contributed by atoms with van der Waals surface area (Å²) >= 11 is 1.93. The molecule has 0 aromatic heterocycles. The van der Waals surface area contributed by atoms with Crippen molar-refractivity contribution in [2.75, 3.05) is 12.8 Å². The molecule has 0 radical (unpaired) electrons. The molecule has 2 atom stereocenters. The predicted molar refractivity (Wildman–Crippen MR) is 84.3 cm³/mol. The number of hydrogen-bond acceptors (Lipinski definition) is 2. The molecule has 0 heterocycles. The Balaban J connectivity index is 2.52. The predicted octanol–water partition coefficient (Wildman–Crippen LogP) is 4.65. The Hall–Kier alpha value is -0.470. The topological polar surface area (TPSA) is 12.0 Å². The Labute approximate surface area is 117 Å². The van der Waals surface area contributed by atoms with E-state index in [0.29, 0.717) is 11.3 Å². The molecular formula is C16H27NS. The average Bonchev–Trinajstić information content (AvgIpc) is 2.43.